The molecule has 0 radical (unpaired) electrons. The first-order chi connectivity index (χ1) is 8.74. The van der Waals surface area contributed by atoms with E-state index in [-0.39, 0.29) is 0 Å². The zero-order valence-corrected chi connectivity index (χ0v) is 11.5. The average molecular weight is 249 g/mol. The lowest BCUT2D eigenvalue weighted by molar-refractivity contribution is 0.193. The molecular weight excluding hydrogens is 226 g/mol. The molecule has 1 aliphatic heterocycles. The monoisotopic (exact) mass is 249 g/mol. The Bertz CT molecular complexity index is 377. The molecule has 2 heterocycles. The Morgan fingerprint density at radius 2 is 2.44 bits per heavy atom. The third kappa shape index (κ3) is 2.82. The molecule has 2 rings (SSSR count). The van der Waals surface area contributed by atoms with Gasteiger partial charge < -0.3 is 15.0 Å². The van der Waals surface area contributed by atoms with Gasteiger partial charge in [0.15, 0.2) is 0 Å². The summed E-state index contributed by atoms with van der Waals surface area (Å²) in [4.78, 5) is 6.82. The van der Waals surface area contributed by atoms with Crippen molar-refractivity contribution in [1.29, 1.82) is 0 Å². The predicted octanol–water partition coefficient (Wildman–Crippen LogP) is 1.98. The summed E-state index contributed by atoms with van der Waals surface area (Å²) in [5.41, 5.74) is 1.26. The van der Waals surface area contributed by atoms with E-state index in [4.69, 9.17) is 4.74 Å². The number of nitrogens with one attached hydrogen (secondary N) is 1. The second kappa shape index (κ2) is 6.16. The number of hydrogen-bond donors (Lipinski definition) is 1. The lowest BCUT2D eigenvalue weighted by Crippen LogP contribution is -2.34. The molecule has 0 bridgehead atoms. The van der Waals surface area contributed by atoms with Gasteiger partial charge in [0.1, 0.15) is 5.82 Å². The third-order valence-electron chi connectivity index (χ3n) is 3.58. The second-order valence-corrected chi connectivity index (χ2v) is 4.82. The van der Waals surface area contributed by atoms with E-state index in [2.05, 4.69) is 42.2 Å². The first-order valence-corrected chi connectivity index (χ1v) is 6.73. The molecule has 4 nitrogen and oxygen atoms in total. The van der Waals surface area contributed by atoms with Crippen molar-refractivity contribution >= 4 is 5.82 Å². The Hall–Kier alpha value is -1.13. The number of nitrogens with zero attached hydrogens (tertiary/aromatic N) is 2. The van der Waals surface area contributed by atoms with E-state index in [1.165, 1.54) is 5.56 Å². The van der Waals surface area contributed by atoms with Gasteiger partial charge in [0.05, 0.1) is 12.6 Å². The Morgan fingerprint density at radius 1 is 1.61 bits per heavy atom. The summed E-state index contributed by atoms with van der Waals surface area (Å²) < 4.78 is 5.46. The molecule has 100 valence electrons. The smallest absolute Gasteiger partial charge is 0.133 e. The summed E-state index contributed by atoms with van der Waals surface area (Å²) in [5.74, 6) is 1.07. The van der Waals surface area contributed by atoms with Gasteiger partial charge in [-0.2, -0.15) is 0 Å². The third-order valence-corrected chi connectivity index (χ3v) is 3.58. The maximum atomic E-state index is 5.46. The summed E-state index contributed by atoms with van der Waals surface area (Å²) in [7, 11) is 2.11. The number of pyridine rings is 1. The van der Waals surface area contributed by atoms with Crippen molar-refractivity contribution < 1.29 is 4.74 Å². The summed E-state index contributed by atoms with van der Waals surface area (Å²) in [6.07, 6.45) is 2.95. The lowest BCUT2D eigenvalue weighted by atomic mass is 10.1. The maximum absolute atomic E-state index is 5.46. The van der Waals surface area contributed by atoms with Crippen LogP contribution in [-0.2, 0) is 4.74 Å². The minimum Gasteiger partial charge on any atom is -0.379 e. The van der Waals surface area contributed by atoms with E-state index in [1.54, 1.807) is 0 Å². The van der Waals surface area contributed by atoms with E-state index < -0.39 is 0 Å². The summed E-state index contributed by atoms with van der Waals surface area (Å²) in [5, 5.41) is 3.45. The fourth-order valence-electron chi connectivity index (χ4n) is 2.46. The highest BCUT2D eigenvalue weighted by atomic mass is 16.5. The fraction of sp³-hybridized carbons (Fsp3) is 0.643. The molecule has 0 saturated carbocycles. The molecule has 2 atom stereocenters. The van der Waals surface area contributed by atoms with Crippen LogP contribution in [0.5, 0.6) is 0 Å². The normalized spacial score (nSPS) is 20.9. The maximum Gasteiger partial charge on any atom is 0.133 e. The molecule has 1 aliphatic rings. The van der Waals surface area contributed by atoms with E-state index in [0.29, 0.717) is 12.1 Å². The summed E-state index contributed by atoms with van der Waals surface area (Å²) in [6, 6.07) is 4.93. The SMILES string of the molecule is CCNC(C)c1cccnc1N(C)C1CCOC1. The minimum absolute atomic E-state index is 0.323. The van der Waals surface area contributed by atoms with Crippen LogP contribution in [0.2, 0.25) is 0 Å². The zero-order chi connectivity index (χ0) is 13.0. The van der Waals surface area contributed by atoms with Crippen LogP contribution >= 0.6 is 0 Å². The molecule has 0 amide bonds. The van der Waals surface area contributed by atoms with Crippen molar-refractivity contribution in [3.8, 4) is 0 Å². The van der Waals surface area contributed by atoms with Crippen LogP contribution in [0.4, 0.5) is 5.82 Å². The van der Waals surface area contributed by atoms with E-state index in [0.717, 1.165) is 32.0 Å². The molecule has 2 unspecified atom stereocenters. The Kier molecular flexibility index (Phi) is 4.55. The number of aromatic nitrogens is 1. The quantitative estimate of drug-likeness (QED) is 0.866. The van der Waals surface area contributed by atoms with Crippen molar-refractivity contribution in [2.24, 2.45) is 0 Å². The van der Waals surface area contributed by atoms with Crippen molar-refractivity contribution in [2.75, 3.05) is 31.7 Å². The highest BCUT2D eigenvalue weighted by molar-refractivity contribution is 5.48. The standard InChI is InChI=1S/C14H23N3O/c1-4-15-11(2)13-6-5-8-16-14(13)17(3)12-7-9-18-10-12/h5-6,8,11-12,15H,4,7,9-10H2,1-3H3. The van der Waals surface area contributed by atoms with Crippen molar-refractivity contribution in [2.45, 2.75) is 32.4 Å². The van der Waals surface area contributed by atoms with Gasteiger partial charge in [-0.05, 0) is 26.0 Å². The Labute approximate surface area is 109 Å². The number of ether oxygens (including phenoxy) is 1. The molecule has 1 N–H and O–H groups in total. The van der Waals surface area contributed by atoms with Gasteiger partial charge in [0, 0.05) is 31.5 Å². The Balaban J connectivity index is 2.20. The zero-order valence-electron chi connectivity index (χ0n) is 11.5. The van der Waals surface area contributed by atoms with Gasteiger partial charge in [0.2, 0.25) is 0 Å². The first kappa shape index (κ1) is 13.3. The van der Waals surface area contributed by atoms with Crippen LogP contribution < -0.4 is 10.2 Å². The van der Waals surface area contributed by atoms with Crippen LogP contribution in [0, 0.1) is 0 Å². The molecule has 0 spiro atoms. The average Bonchev–Trinajstić information content (AvgIpc) is 2.92. The lowest BCUT2D eigenvalue weighted by Gasteiger charge is -2.28. The predicted molar refractivity (Wildman–Crippen MR) is 74.0 cm³/mol. The molecule has 0 aliphatic carbocycles. The molecule has 1 fully saturated rings. The molecule has 18 heavy (non-hydrogen) atoms. The van der Waals surface area contributed by atoms with Gasteiger partial charge in [-0.3, -0.25) is 0 Å². The van der Waals surface area contributed by atoms with Gasteiger partial charge >= 0.3 is 0 Å². The van der Waals surface area contributed by atoms with Gasteiger partial charge in [0.25, 0.3) is 0 Å². The van der Waals surface area contributed by atoms with Crippen LogP contribution in [-0.4, -0.2) is 37.8 Å². The first-order valence-electron chi connectivity index (χ1n) is 6.73. The molecule has 1 aromatic rings. The Morgan fingerprint density at radius 3 is 3.11 bits per heavy atom. The summed E-state index contributed by atoms with van der Waals surface area (Å²) >= 11 is 0. The second-order valence-electron chi connectivity index (χ2n) is 4.82. The molecule has 1 aromatic heterocycles. The fourth-order valence-corrected chi connectivity index (χ4v) is 2.46. The largest absolute Gasteiger partial charge is 0.379 e. The number of anilines is 1. The van der Waals surface area contributed by atoms with E-state index in [1.807, 2.05) is 12.3 Å². The van der Waals surface area contributed by atoms with Crippen molar-refractivity contribution in [1.82, 2.24) is 10.3 Å². The van der Waals surface area contributed by atoms with Gasteiger partial charge in [-0.15, -0.1) is 0 Å². The summed E-state index contributed by atoms with van der Waals surface area (Å²) in [6.45, 7) is 6.94. The molecule has 1 saturated heterocycles. The topological polar surface area (TPSA) is 37.4 Å². The van der Waals surface area contributed by atoms with Crippen LogP contribution in [0.3, 0.4) is 0 Å². The van der Waals surface area contributed by atoms with Crippen molar-refractivity contribution in [3.05, 3.63) is 23.9 Å². The van der Waals surface area contributed by atoms with E-state index in [9.17, 15) is 0 Å². The van der Waals surface area contributed by atoms with Crippen molar-refractivity contribution in [3.63, 3.8) is 0 Å². The van der Waals surface area contributed by atoms with Crippen LogP contribution in [0.1, 0.15) is 31.9 Å². The van der Waals surface area contributed by atoms with Gasteiger partial charge in [-0.25, -0.2) is 4.98 Å². The number of likely N-dealkylation sites (N-methyl/N-ethyl adjacent to an activating group) is 1. The minimum atomic E-state index is 0.323. The van der Waals surface area contributed by atoms with Crippen LogP contribution in [0.15, 0.2) is 18.3 Å². The number of hydrogen-bond acceptors (Lipinski definition) is 4. The highest BCUT2D eigenvalue weighted by Gasteiger charge is 2.24. The molecule has 0 aromatic carbocycles. The van der Waals surface area contributed by atoms with Crippen LogP contribution in [0.25, 0.3) is 0 Å². The highest BCUT2D eigenvalue weighted by Crippen LogP contribution is 2.26. The number of rotatable bonds is 5. The molecular formula is C14H23N3O. The molecule has 4 heteroatoms. The van der Waals surface area contributed by atoms with E-state index >= 15 is 0 Å². The van der Waals surface area contributed by atoms with Gasteiger partial charge in [-0.1, -0.05) is 13.0 Å².